The SMILES string of the molecule is CC(C)(C)OC(=O)NC(CO)Cc1ccc(O)cc1. The third-order valence-corrected chi connectivity index (χ3v) is 2.36. The zero-order valence-corrected chi connectivity index (χ0v) is 11.5. The lowest BCUT2D eigenvalue weighted by Crippen LogP contribution is -2.42. The van der Waals surface area contributed by atoms with E-state index in [-0.39, 0.29) is 12.4 Å². The van der Waals surface area contributed by atoms with Crippen molar-refractivity contribution in [3.05, 3.63) is 29.8 Å². The quantitative estimate of drug-likeness (QED) is 0.777. The molecule has 1 unspecified atom stereocenters. The Kier molecular flexibility index (Phi) is 5.18. The van der Waals surface area contributed by atoms with Gasteiger partial charge in [-0.05, 0) is 44.9 Å². The van der Waals surface area contributed by atoms with Gasteiger partial charge in [-0.25, -0.2) is 4.79 Å². The van der Waals surface area contributed by atoms with E-state index >= 15 is 0 Å². The highest BCUT2D eigenvalue weighted by atomic mass is 16.6. The molecule has 0 heterocycles. The first-order chi connectivity index (χ1) is 8.80. The van der Waals surface area contributed by atoms with Crippen LogP contribution in [0.1, 0.15) is 26.3 Å². The molecule has 0 bridgehead atoms. The van der Waals surface area contributed by atoms with E-state index in [2.05, 4.69) is 5.32 Å². The fourth-order valence-electron chi connectivity index (χ4n) is 1.55. The molecule has 106 valence electrons. The smallest absolute Gasteiger partial charge is 0.407 e. The number of benzene rings is 1. The van der Waals surface area contributed by atoms with Gasteiger partial charge in [0.1, 0.15) is 11.4 Å². The van der Waals surface area contributed by atoms with E-state index < -0.39 is 17.7 Å². The molecule has 0 aliphatic carbocycles. The number of hydrogen-bond donors (Lipinski definition) is 3. The number of phenolic OH excluding ortho intramolecular Hbond substituents is 1. The summed E-state index contributed by atoms with van der Waals surface area (Å²) in [5, 5.41) is 21.1. The molecule has 0 aliphatic rings. The second kappa shape index (κ2) is 6.43. The van der Waals surface area contributed by atoms with Gasteiger partial charge >= 0.3 is 6.09 Å². The topological polar surface area (TPSA) is 78.8 Å². The van der Waals surface area contributed by atoms with E-state index in [0.29, 0.717) is 6.42 Å². The molecule has 5 nitrogen and oxygen atoms in total. The highest BCUT2D eigenvalue weighted by molar-refractivity contribution is 5.68. The van der Waals surface area contributed by atoms with Crippen molar-refractivity contribution in [2.45, 2.75) is 38.8 Å². The lowest BCUT2D eigenvalue weighted by molar-refractivity contribution is 0.0483. The molecular weight excluding hydrogens is 246 g/mol. The predicted molar refractivity (Wildman–Crippen MR) is 72.1 cm³/mol. The van der Waals surface area contributed by atoms with Crippen LogP contribution >= 0.6 is 0 Å². The minimum absolute atomic E-state index is 0.180. The zero-order chi connectivity index (χ0) is 14.5. The molecule has 0 saturated carbocycles. The van der Waals surface area contributed by atoms with Gasteiger partial charge in [0, 0.05) is 0 Å². The molecule has 0 aliphatic heterocycles. The number of nitrogens with one attached hydrogen (secondary N) is 1. The summed E-state index contributed by atoms with van der Waals surface area (Å²) >= 11 is 0. The molecule has 1 atom stereocenters. The average molecular weight is 267 g/mol. The molecule has 1 amide bonds. The van der Waals surface area contributed by atoms with E-state index in [0.717, 1.165) is 5.56 Å². The number of amides is 1. The number of aliphatic hydroxyl groups excluding tert-OH is 1. The number of rotatable bonds is 4. The zero-order valence-electron chi connectivity index (χ0n) is 11.5. The molecule has 0 radical (unpaired) electrons. The summed E-state index contributed by atoms with van der Waals surface area (Å²) in [6, 6.07) is 6.21. The van der Waals surface area contributed by atoms with Crippen LogP contribution in [-0.4, -0.2) is 34.6 Å². The summed E-state index contributed by atoms with van der Waals surface area (Å²) in [5.41, 5.74) is 0.343. The molecule has 1 aromatic rings. The maximum absolute atomic E-state index is 11.6. The highest BCUT2D eigenvalue weighted by Gasteiger charge is 2.19. The Hall–Kier alpha value is -1.75. The van der Waals surface area contributed by atoms with Crippen LogP contribution in [0.15, 0.2) is 24.3 Å². The largest absolute Gasteiger partial charge is 0.508 e. The number of ether oxygens (including phenoxy) is 1. The molecule has 3 N–H and O–H groups in total. The van der Waals surface area contributed by atoms with Crippen LogP contribution in [0.25, 0.3) is 0 Å². The van der Waals surface area contributed by atoms with Crippen molar-refractivity contribution >= 4 is 6.09 Å². The Bertz CT molecular complexity index is 408. The maximum atomic E-state index is 11.6. The van der Waals surface area contributed by atoms with Gasteiger partial charge in [0.15, 0.2) is 0 Å². The molecule has 1 aromatic carbocycles. The minimum Gasteiger partial charge on any atom is -0.508 e. The Morgan fingerprint density at radius 2 is 1.89 bits per heavy atom. The second-order valence-corrected chi connectivity index (χ2v) is 5.40. The molecule has 5 heteroatoms. The van der Waals surface area contributed by atoms with Gasteiger partial charge in [0.05, 0.1) is 12.6 Å². The third kappa shape index (κ3) is 6.10. The summed E-state index contributed by atoms with van der Waals surface area (Å²) in [6.45, 7) is 5.15. The molecular formula is C14H21NO4. The van der Waals surface area contributed by atoms with Crippen molar-refractivity contribution in [3.63, 3.8) is 0 Å². The Labute approximate surface area is 113 Å². The Balaban J connectivity index is 2.54. The molecule has 0 fully saturated rings. The molecule has 0 aromatic heterocycles. The molecule has 0 saturated heterocycles. The lowest BCUT2D eigenvalue weighted by atomic mass is 10.1. The van der Waals surface area contributed by atoms with Crippen LogP contribution in [0.4, 0.5) is 4.79 Å². The van der Waals surface area contributed by atoms with Crippen LogP contribution in [-0.2, 0) is 11.2 Å². The van der Waals surface area contributed by atoms with Crippen LogP contribution < -0.4 is 5.32 Å². The number of carbonyl (C=O) groups excluding carboxylic acids is 1. The summed E-state index contributed by atoms with van der Waals surface area (Å²) in [6.07, 6.45) is -0.0823. The Morgan fingerprint density at radius 1 is 1.32 bits per heavy atom. The number of phenols is 1. The lowest BCUT2D eigenvalue weighted by Gasteiger charge is -2.22. The minimum atomic E-state index is -0.567. The standard InChI is InChI=1S/C14H21NO4/c1-14(2,3)19-13(18)15-11(9-16)8-10-4-6-12(17)7-5-10/h4-7,11,16-17H,8-9H2,1-3H3,(H,15,18). The van der Waals surface area contributed by atoms with Crippen molar-refractivity contribution in [1.82, 2.24) is 5.32 Å². The van der Waals surface area contributed by atoms with Crippen molar-refractivity contribution < 1.29 is 19.7 Å². The van der Waals surface area contributed by atoms with E-state index in [1.807, 2.05) is 0 Å². The monoisotopic (exact) mass is 267 g/mol. The van der Waals surface area contributed by atoms with Crippen LogP contribution in [0.5, 0.6) is 5.75 Å². The second-order valence-electron chi connectivity index (χ2n) is 5.40. The number of aliphatic hydroxyl groups is 1. The highest BCUT2D eigenvalue weighted by Crippen LogP contribution is 2.12. The summed E-state index contributed by atoms with van der Waals surface area (Å²) in [4.78, 5) is 11.6. The molecule has 1 rings (SSSR count). The van der Waals surface area contributed by atoms with Gasteiger partial charge in [-0.2, -0.15) is 0 Å². The summed E-state index contributed by atoms with van der Waals surface area (Å²) in [7, 11) is 0. The van der Waals surface area contributed by atoms with Gasteiger partial charge < -0.3 is 20.3 Å². The van der Waals surface area contributed by atoms with Crippen LogP contribution in [0.2, 0.25) is 0 Å². The van der Waals surface area contributed by atoms with Gasteiger partial charge in [-0.1, -0.05) is 12.1 Å². The molecule has 0 spiro atoms. The normalized spacial score (nSPS) is 12.8. The van der Waals surface area contributed by atoms with Crippen molar-refractivity contribution in [2.24, 2.45) is 0 Å². The van der Waals surface area contributed by atoms with Crippen LogP contribution in [0, 0.1) is 0 Å². The maximum Gasteiger partial charge on any atom is 0.407 e. The number of hydrogen-bond acceptors (Lipinski definition) is 4. The van der Waals surface area contributed by atoms with Crippen molar-refractivity contribution in [1.29, 1.82) is 0 Å². The van der Waals surface area contributed by atoms with Gasteiger partial charge in [0.25, 0.3) is 0 Å². The van der Waals surface area contributed by atoms with Crippen LogP contribution in [0.3, 0.4) is 0 Å². The van der Waals surface area contributed by atoms with Gasteiger partial charge in [-0.15, -0.1) is 0 Å². The summed E-state index contributed by atoms with van der Waals surface area (Å²) in [5.74, 6) is 0.185. The van der Waals surface area contributed by atoms with Gasteiger partial charge in [0.2, 0.25) is 0 Å². The fourth-order valence-corrected chi connectivity index (χ4v) is 1.55. The first kappa shape index (κ1) is 15.3. The summed E-state index contributed by atoms with van der Waals surface area (Å²) < 4.78 is 5.13. The number of carbonyl (C=O) groups is 1. The molecule has 19 heavy (non-hydrogen) atoms. The third-order valence-electron chi connectivity index (χ3n) is 2.36. The average Bonchev–Trinajstić information content (AvgIpc) is 2.28. The number of aromatic hydroxyl groups is 1. The first-order valence-corrected chi connectivity index (χ1v) is 6.18. The van der Waals surface area contributed by atoms with Crippen molar-refractivity contribution in [3.8, 4) is 5.75 Å². The predicted octanol–water partition coefficient (Wildman–Crippen LogP) is 1.82. The van der Waals surface area contributed by atoms with E-state index in [4.69, 9.17) is 4.74 Å². The van der Waals surface area contributed by atoms with E-state index in [1.165, 1.54) is 0 Å². The van der Waals surface area contributed by atoms with E-state index in [9.17, 15) is 15.0 Å². The number of alkyl carbamates (subject to hydrolysis) is 1. The Morgan fingerprint density at radius 3 is 2.37 bits per heavy atom. The van der Waals surface area contributed by atoms with Crippen molar-refractivity contribution in [2.75, 3.05) is 6.61 Å². The first-order valence-electron chi connectivity index (χ1n) is 6.18. The van der Waals surface area contributed by atoms with Gasteiger partial charge in [-0.3, -0.25) is 0 Å². The fraction of sp³-hybridized carbons (Fsp3) is 0.500. The van der Waals surface area contributed by atoms with E-state index in [1.54, 1.807) is 45.0 Å².